The summed E-state index contributed by atoms with van der Waals surface area (Å²) in [6.45, 7) is 3.91. The van der Waals surface area contributed by atoms with E-state index < -0.39 is 28.0 Å². The van der Waals surface area contributed by atoms with Gasteiger partial charge in [0.05, 0.1) is 17.6 Å². The summed E-state index contributed by atoms with van der Waals surface area (Å²) in [5.41, 5.74) is -2.16. The fraction of sp³-hybridized carbons (Fsp3) is 0.346. The zero-order valence-electron chi connectivity index (χ0n) is 21.0. The Morgan fingerprint density at radius 2 is 1.55 bits per heavy atom. The molecule has 0 bridgehead atoms. The van der Waals surface area contributed by atoms with E-state index in [9.17, 15) is 26.4 Å². The molecule has 0 aliphatic rings. The lowest BCUT2D eigenvalue weighted by atomic mass is 10.0. The second kappa shape index (κ2) is 12.8. The first kappa shape index (κ1) is 29.1. The number of ether oxygens (including phenoxy) is 1. The molecular weight excluding hydrogens is 521 g/mol. The van der Waals surface area contributed by atoms with Crippen LogP contribution in [0.3, 0.4) is 0 Å². The van der Waals surface area contributed by atoms with Crippen LogP contribution in [0.2, 0.25) is 0 Å². The highest BCUT2D eigenvalue weighted by atomic mass is 32.2. The Bertz CT molecular complexity index is 1310. The number of sulfonamides is 1. The molecule has 1 N–H and O–H groups in total. The highest BCUT2D eigenvalue weighted by Gasteiger charge is 2.46. The molecule has 38 heavy (non-hydrogen) atoms. The zero-order valence-corrected chi connectivity index (χ0v) is 21.8. The number of halogens is 3. The fourth-order valence-corrected chi connectivity index (χ4v) is 4.12. The number of benzene rings is 2. The van der Waals surface area contributed by atoms with Crippen LogP contribution in [-0.4, -0.2) is 55.6 Å². The monoisotopic (exact) mass is 550 g/mol. The van der Waals surface area contributed by atoms with Gasteiger partial charge in [-0.15, -0.1) is 0 Å². The predicted molar refractivity (Wildman–Crippen MR) is 139 cm³/mol. The van der Waals surface area contributed by atoms with Crippen molar-refractivity contribution < 1.29 is 31.1 Å². The Labute approximate surface area is 219 Å². The van der Waals surface area contributed by atoms with Crippen LogP contribution in [0.15, 0.2) is 66.9 Å². The van der Waals surface area contributed by atoms with Crippen molar-refractivity contribution in [3.05, 3.63) is 66.9 Å². The first-order chi connectivity index (χ1) is 18.0. The van der Waals surface area contributed by atoms with Gasteiger partial charge >= 0.3 is 15.5 Å². The van der Waals surface area contributed by atoms with E-state index in [1.165, 1.54) is 0 Å². The van der Waals surface area contributed by atoms with Crippen molar-refractivity contribution in [2.75, 3.05) is 24.7 Å². The molecule has 0 saturated carbocycles. The van der Waals surface area contributed by atoms with Gasteiger partial charge in [-0.3, -0.25) is 9.78 Å². The molecule has 12 heteroatoms. The van der Waals surface area contributed by atoms with Crippen LogP contribution in [-0.2, 0) is 19.6 Å². The molecule has 0 aliphatic heterocycles. The van der Waals surface area contributed by atoms with Gasteiger partial charge in [-0.05, 0) is 26.7 Å². The van der Waals surface area contributed by atoms with E-state index in [2.05, 4.69) is 4.90 Å². The van der Waals surface area contributed by atoms with Crippen molar-refractivity contribution >= 4 is 21.7 Å². The third kappa shape index (κ3) is 7.75. The van der Waals surface area contributed by atoms with E-state index in [1.54, 1.807) is 6.20 Å². The third-order valence-corrected chi connectivity index (χ3v) is 6.60. The molecule has 0 atom stereocenters. The Hall–Kier alpha value is -3.51. The molecule has 0 fully saturated rings. The van der Waals surface area contributed by atoms with Crippen molar-refractivity contribution in [1.82, 2.24) is 14.7 Å². The van der Waals surface area contributed by atoms with E-state index in [4.69, 9.17) is 14.7 Å². The van der Waals surface area contributed by atoms with Gasteiger partial charge in [-0.25, -0.2) is 9.71 Å². The molecule has 3 rings (SSSR count). The van der Waals surface area contributed by atoms with Gasteiger partial charge in [0.2, 0.25) is 0 Å². The van der Waals surface area contributed by atoms with Gasteiger partial charge in [-0.2, -0.15) is 21.6 Å². The first-order valence-corrected chi connectivity index (χ1v) is 13.4. The molecule has 2 aromatic carbocycles. The number of hydrogen-bond donors (Lipinski definition) is 1. The number of nitrogens with one attached hydrogen (secondary N) is 1. The molecule has 0 aliphatic carbocycles. The number of carbonyl (C=O) groups is 1. The topological polar surface area (TPSA) is 101 Å². The fourth-order valence-electron chi connectivity index (χ4n) is 3.65. The Kier molecular flexibility index (Phi) is 9.81. The summed E-state index contributed by atoms with van der Waals surface area (Å²) in [6, 6.07) is 19.7. The van der Waals surface area contributed by atoms with Crippen LogP contribution >= 0.6 is 0 Å². The van der Waals surface area contributed by atoms with E-state index in [-0.39, 0.29) is 12.6 Å². The number of nitrogens with zero attached hydrogens (tertiary/aromatic N) is 3. The van der Waals surface area contributed by atoms with E-state index in [0.717, 1.165) is 27.2 Å². The van der Waals surface area contributed by atoms with E-state index >= 15 is 0 Å². The van der Waals surface area contributed by atoms with Crippen LogP contribution in [0, 0.1) is 0 Å². The summed E-state index contributed by atoms with van der Waals surface area (Å²) in [5.74, 6) is -0.690. The number of aromatic nitrogens is 2. The standard InChI is InChI=1S/C26H29F3N4O4S/c1-19(2)33(15-9-10-16-37-18-23(34)32-38(35,36)26(27,28)29)22-17-30-24(20-11-5-3-6-12-20)25(31-22)21-13-7-4-8-14-21/h3-8,11-14,17,19H,9-10,15-16,18H2,1-2H3,(H,32,34). The minimum atomic E-state index is -5.74. The molecule has 0 spiro atoms. The van der Waals surface area contributed by atoms with Gasteiger partial charge in [0.25, 0.3) is 5.91 Å². The number of unbranched alkanes of at least 4 members (excludes halogenated alkanes) is 1. The van der Waals surface area contributed by atoms with Crippen molar-refractivity contribution in [3.8, 4) is 22.5 Å². The summed E-state index contributed by atoms with van der Waals surface area (Å²) in [4.78, 5) is 23.3. The summed E-state index contributed by atoms with van der Waals surface area (Å²) in [7, 11) is -5.74. The molecule has 1 amide bonds. The average molecular weight is 551 g/mol. The molecule has 1 aromatic heterocycles. The maximum Gasteiger partial charge on any atom is 0.516 e. The van der Waals surface area contributed by atoms with Crippen molar-refractivity contribution in [2.45, 2.75) is 38.2 Å². The van der Waals surface area contributed by atoms with Crippen LogP contribution in [0.5, 0.6) is 0 Å². The predicted octanol–water partition coefficient (Wildman–Crippen LogP) is 4.79. The molecule has 0 unspecified atom stereocenters. The summed E-state index contributed by atoms with van der Waals surface area (Å²) >= 11 is 0. The normalized spacial score (nSPS) is 11.9. The van der Waals surface area contributed by atoms with Gasteiger partial charge in [0.1, 0.15) is 12.4 Å². The van der Waals surface area contributed by atoms with Gasteiger partial charge < -0.3 is 9.64 Å². The van der Waals surface area contributed by atoms with Crippen molar-refractivity contribution in [2.24, 2.45) is 0 Å². The maximum atomic E-state index is 12.3. The summed E-state index contributed by atoms with van der Waals surface area (Å²) < 4.78 is 64.9. The van der Waals surface area contributed by atoms with Crippen LogP contribution in [0.1, 0.15) is 26.7 Å². The lowest BCUT2D eigenvalue weighted by molar-refractivity contribution is -0.124. The summed E-state index contributed by atoms with van der Waals surface area (Å²) in [6.07, 6.45) is 2.85. The van der Waals surface area contributed by atoms with Crippen molar-refractivity contribution in [1.29, 1.82) is 0 Å². The average Bonchev–Trinajstić information content (AvgIpc) is 2.88. The lowest BCUT2D eigenvalue weighted by Crippen LogP contribution is -2.41. The zero-order chi connectivity index (χ0) is 27.8. The number of amides is 1. The Balaban J connectivity index is 1.63. The largest absolute Gasteiger partial charge is 0.516 e. The number of rotatable bonds is 12. The molecular formula is C26H29F3N4O4S. The van der Waals surface area contributed by atoms with E-state index in [1.807, 2.05) is 74.5 Å². The summed E-state index contributed by atoms with van der Waals surface area (Å²) in [5, 5.41) is 0. The third-order valence-electron chi connectivity index (χ3n) is 5.50. The van der Waals surface area contributed by atoms with Gasteiger partial charge in [0, 0.05) is 30.3 Å². The van der Waals surface area contributed by atoms with Crippen LogP contribution in [0.25, 0.3) is 22.5 Å². The molecule has 8 nitrogen and oxygen atoms in total. The quantitative estimate of drug-likeness (QED) is 0.324. The molecule has 1 heterocycles. The lowest BCUT2D eigenvalue weighted by Gasteiger charge is -2.28. The highest BCUT2D eigenvalue weighted by Crippen LogP contribution is 2.31. The van der Waals surface area contributed by atoms with Crippen LogP contribution in [0.4, 0.5) is 19.0 Å². The molecule has 0 radical (unpaired) electrons. The minimum absolute atomic E-state index is 0.0688. The first-order valence-electron chi connectivity index (χ1n) is 11.9. The van der Waals surface area contributed by atoms with E-state index in [0.29, 0.717) is 25.2 Å². The number of anilines is 1. The smallest absolute Gasteiger partial charge is 0.372 e. The maximum absolute atomic E-state index is 12.3. The van der Waals surface area contributed by atoms with Gasteiger partial charge in [0.15, 0.2) is 0 Å². The highest BCUT2D eigenvalue weighted by molar-refractivity contribution is 7.90. The van der Waals surface area contributed by atoms with Gasteiger partial charge in [-0.1, -0.05) is 60.7 Å². The number of carbonyl (C=O) groups excluding carboxylic acids is 1. The second-order valence-electron chi connectivity index (χ2n) is 8.68. The number of alkyl halides is 3. The SMILES string of the molecule is CC(C)N(CCCCOCC(=O)NS(=O)(=O)C(F)(F)F)c1cnc(-c2ccccc2)c(-c2ccccc2)n1. The Morgan fingerprint density at radius 1 is 0.974 bits per heavy atom. The van der Waals surface area contributed by atoms with Crippen LogP contribution < -0.4 is 9.62 Å². The molecule has 3 aromatic rings. The second-order valence-corrected chi connectivity index (χ2v) is 10.4. The Morgan fingerprint density at radius 3 is 2.11 bits per heavy atom. The molecule has 204 valence electrons. The number of hydrogen-bond acceptors (Lipinski definition) is 7. The van der Waals surface area contributed by atoms with Crippen molar-refractivity contribution in [3.63, 3.8) is 0 Å². The minimum Gasteiger partial charge on any atom is -0.372 e. The molecule has 0 saturated heterocycles.